The van der Waals surface area contributed by atoms with Crippen molar-refractivity contribution in [1.82, 2.24) is 4.57 Å². The minimum absolute atomic E-state index is 0.0292. The lowest BCUT2D eigenvalue weighted by Crippen LogP contribution is -2.20. The van der Waals surface area contributed by atoms with Gasteiger partial charge >= 0.3 is 0 Å². The molecule has 2 aromatic rings. The molecule has 2 rings (SSSR count). The Balaban J connectivity index is 2.81. The van der Waals surface area contributed by atoms with E-state index in [4.69, 9.17) is 9.47 Å². The first-order valence-electron chi connectivity index (χ1n) is 8.05. The van der Waals surface area contributed by atoms with E-state index in [1.807, 2.05) is 32.2 Å². The number of ether oxygens (including phenoxy) is 2. The SMILES string of the molecule is COc1cc(-c2cn(C)c(=O)c(C)c2C)cc(OC)c1C(C)(C)C. The molecule has 1 aromatic carbocycles. The number of nitrogens with zero attached hydrogens (tertiary/aromatic N) is 1. The lowest BCUT2D eigenvalue weighted by molar-refractivity contribution is 0.368. The highest BCUT2D eigenvalue weighted by Gasteiger charge is 2.25. The average Bonchev–Trinajstić information content (AvgIpc) is 2.53. The van der Waals surface area contributed by atoms with Gasteiger partial charge in [0.1, 0.15) is 11.5 Å². The van der Waals surface area contributed by atoms with E-state index in [9.17, 15) is 4.79 Å². The molecule has 0 amide bonds. The molecule has 130 valence electrons. The first kappa shape index (κ1) is 18.1. The molecule has 4 heteroatoms. The number of benzene rings is 1. The first-order chi connectivity index (χ1) is 11.1. The van der Waals surface area contributed by atoms with Crippen molar-refractivity contribution in [3.8, 4) is 22.6 Å². The van der Waals surface area contributed by atoms with Gasteiger partial charge in [0.15, 0.2) is 0 Å². The molecule has 0 fully saturated rings. The van der Waals surface area contributed by atoms with Crippen LogP contribution in [-0.2, 0) is 12.5 Å². The summed E-state index contributed by atoms with van der Waals surface area (Å²) in [7, 11) is 5.12. The molecule has 0 radical (unpaired) electrons. The van der Waals surface area contributed by atoms with Crippen LogP contribution in [0.15, 0.2) is 23.1 Å². The van der Waals surface area contributed by atoms with Gasteiger partial charge in [-0.25, -0.2) is 0 Å². The van der Waals surface area contributed by atoms with Gasteiger partial charge in [-0.15, -0.1) is 0 Å². The standard InChI is InChI=1S/C20H27NO3/c1-12-13(2)19(22)21(6)11-15(12)14-9-16(23-7)18(20(3,4)5)17(10-14)24-8/h9-11H,1-8H3. The molecular formula is C20H27NO3. The molecule has 0 N–H and O–H groups in total. The maximum Gasteiger partial charge on any atom is 0.253 e. The van der Waals surface area contributed by atoms with Crippen LogP contribution in [0.3, 0.4) is 0 Å². The van der Waals surface area contributed by atoms with Crippen LogP contribution in [0.4, 0.5) is 0 Å². The Labute approximate surface area is 144 Å². The summed E-state index contributed by atoms with van der Waals surface area (Å²) in [6.07, 6.45) is 1.87. The third-order valence-electron chi connectivity index (χ3n) is 4.50. The van der Waals surface area contributed by atoms with E-state index in [2.05, 4.69) is 20.8 Å². The second-order valence-corrected chi connectivity index (χ2v) is 7.21. The lowest BCUT2D eigenvalue weighted by atomic mass is 9.84. The highest BCUT2D eigenvalue weighted by atomic mass is 16.5. The van der Waals surface area contributed by atoms with Crippen molar-refractivity contribution in [2.45, 2.75) is 40.0 Å². The Morgan fingerprint density at radius 3 is 1.88 bits per heavy atom. The third-order valence-corrected chi connectivity index (χ3v) is 4.50. The molecular weight excluding hydrogens is 302 g/mol. The van der Waals surface area contributed by atoms with Gasteiger partial charge in [0.2, 0.25) is 0 Å². The third kappa shape index (κ3) is 3.05. The van der Waals surface area contributed by atoms with Crippen molar-refractivity contribution < 1.29 is 9.47 Å². The summed E-state index contributed by atoms with van der Waals surface area (Å²) in [5.41, 5.74) is 4.68. The van der Waals surface area contributed by atoms with Gasteiger partial charge in [-0.2, -0.15) is 0 Å². The molecule has 0 aliphatic carbocycles. The van der Waals surface area contributed by atoms with Crippen molar-refractivity contribution in [2.24, 2.45) is 7.05 Å². The largest absolute Gasteiger partial charge is 0.496 e. The van der Waals surface area contributed by atoms with Gasteiger partial charge in [0.05, 0.1) is 14.2 Å². The van der Waals surface area contributed by atoms with Crippen molar-refractivity contribution in [3.63, 3.8) is 0 Å². The number of pyridine rings is 1. The average molecular weight is 329 g/mol. The number of aryl methyl sites for hydroxylation is 1. The molecule has 0 aliphatic heterocycles. The zero-order chi connectivity index (χ0) is 18.2. The van der Waals surface area contributed by atoms with E-state index in [1.165, 1.54) is 0 Å². The number of rotatable bonds is 3. The molecule has 0 saturated carbocycles. The molecule has 0 aliphatic rings. The molecule has 0 bridgehead atoms. The minimum Gasteiger partial charge on any atom is -0.496 e. The van der Waals surface area contributed by atoms with Gasteiger partial charge in [-0.3, -0.25) is 4.79 Å². The van der Waals surface area contributed by atoms with E-state index in [0.29, 0.717) is 0 Å². The summed E-state index contributed by atoms with van der Waals surface area (Å²) < 4.78 is 12.9. The summed E-state index contributed by atoms with van der Waals surface area (Å²) in [5.74, 6) is 1.59. The van der Waals surface area contributed by atoms with E-state index >= 15 is 0 Å². The minimum atomic E-state index is -0.107. The van der Waals surface area contributed by atoms with Crippen molar-refractivity contribution >= 4 is 0 Å². The summed E-state index contributed by atoms with van der Waals surface area (Å²) >= 11 is 0. The van der Waals surface area contributed by atoms with Gasteiger partial charge < -0.3 is 14.0 Å². The number of hydrogen-bond acceptors (Lipinski definition) is 3. The van der Waals surface area contributed by atoms with E-state index in [0.717, 1.165) is 39.3 Å². The molecule has 0 atom stereocenters. The van der Waals surface area contributed by atoms with Crippen LogP contribution in [0.25, 0.3) is 11.1 Å². The highest BCUT2D eigenvalue weighted by Crippen LogP contribution is 2.42. The molecule has 0 unspecified atom stereocenters. The Bertz CT molecular complexity index is 801. The highest BCUT2D eigenvalue weighted by molar-refractivity contribution is 5.72. The van der Waals surface area contributed by atoms with Gasteiger partial charge in [0, 0.05) is 29.9 Å². The second kappa shape index (κ2) is 6.34. The quantitative estimate of drug-likeness (QED) is 0.855. The maximum atomic E-state index is 12.1. The van der Waals surface area contributed by atoms with Crippen molar-refractivity contribution in [1.29, 1.82) is 0 Å². The second-order valence-electron chi connectivity index (χ2n) is 7.21. The van der Waals surface area contributed by atoms with Crippen LogP contribution in [-0.4, -0.2) is 18.8 Å². The van der Waals surface area contributed by atoms with Crippen LogP contribution in [0.1, 0.15) is 37.5 Å². The Hall–Kier alpha value is -2.23. The van der Waals surface area contributed by atoms with Gasteiger partial charge in [-0.05, 0) is 42.5 Å². The Morgan fingerprint density at radius 1 is 0.958 bits per heavy atom. The van der Waals surface area contributed by atoms with E-state index in [1.54, 1.807) is 25.8 Å². The molecule has 0 spiro atoms. The molecule has 4 nitrogen and oxygen atoms in total. The fourth-order valence-corrected chi connectivity index (χ4v) is 3.07. The number of aromatic nitrogens is 1. The zero-order valence-corrected chi connectivity index (χ0v) is 15.9. The van der Waals surface area contributed by atoms with Crippen LogP contribution in [0.2, 0.25) is 0 Å². The van der Waals surface area contributed by atoms with Crippen molar-refractivity contribution in [2.75, 3.05) is 14.2 Å². The van der Waals surface area contributed by atoms with Crippen LogP contribution >= 0.6 is 0 Å². The van der Waals surface area contributed by atoms with Crippen LogP contribution in [0, 0.1) is 13.8 Å². The van der Waals surface area contributed by atoms with Gasteiger partial charge in [0.25, 0.3) is 5.56 Å². The monoisotopic (exact) mass is 329 g/mol. The molecule has 24 heavy (non-hydrogen) atoms. The van der Waals surface area contributed by atoms with Crippen LogP contribution in [0.5, 0.6) is 11.5 Å². The summed E-state index contributed by atoms with van der Waals surface area (Å²) in [4.78, 5) is 12.1. The summed E-state index contributed by atoms with van der Waals surface area (Å²) in [6.45, 7) is 10.2. The first-order valence-corrected chi connectivity index (χ1v) is 8.05. The molecule has 1 heterocycles. The lowest BCUT2D eigenvalue weighted by Gasteiger charge is -2.26. The maximum absolute atomic E-state index is 12.1. The van der Waals surface area contributed by atoms with Crippen LogP contribution < -0.4 is 15.0 Å². The predicted octanol–water partition coefficient (Wildman–Crippen LogP) is 3.98. The Kier molecular flexibility index (Phi) is 4.79. The van der Waals surface area contributed by atoms with Gasteiger partial charge in [-0.1, -0.05) is 20.8 Å². The summed E-state index contributed by atoms with van der Waals surface area (Å²) in [5, 5.41) is 0. The summed E-state index contributed by atoms with van der Waals surface area (Å²) in [6, 6.07) is 4.05. The van der Waals surface area contributed by atoms with Crippen molar-refractivity contribution in [3.05, 3.63) is 45.4 Å². The fraction of sp³-hybridized carbons (Fsp3) is 0.450. The topological polar surface area (TPSA) is 40.5 Å². The number of methoxy groups -OCH3 is 2. The number of hydrogen-bond donors (Lipinski definition) is 0. The smallest absolute Gasteiger partial charge is 0.253 e. The van der Waals surface area contributed by atoms with E-state index < -0.39 is 0 Å². The normalized spacial score (nSPS) is 11.5. The zero-order valence-electron chi connectivity index (χ0n) is 15.9. The molecule has 0 saturated heterocycles. The van der Waals surface area contributed by atoms with E-state index in [-0.39, 0.29) is 11.0 Å². The fourth-order valence-electron chi connectivity index (χ4n) is 3.07. The Morgan fingerprint density at radius 2 is 1.46 bits per heavy atom. The molecule has 1 aromatic heterocycles. The predicted molar refractivity (Wildman–Crippen MR) is 98.4 cm³/mol.